The zero-order chi connectivity index (χ0) is 30.1. The van der Waals surface area contributed by atoms with E-state index in [-0.39, 0.29) is 28.4 Å². The molecule has 42 heavy (non-hydrogen) atoms. The van der Waals surface area contributed by atoms with Crippen LogP contribution in [0.4, 0.5) is 10.5 Å². The van der Waals surface area contributed by atoms with E-state index in [0.29, 0.717) is 28.8 Å². The van der Waals surface area contributed by atoms with Gasteiger partial charge in [0.05, 0.1) is 6.10 Å². The highest BCUT2D eigenvalue weighted by molar-refractivity contribution is 5.84. The van der Waals surface area contributed by atoms with Crippen molar-refractivity contribution < 1.29 is 14.3 Å². The molecule has 4 fully saturated rings. The van der Waals surface area contributed by atoms with Crippen LogP contribution < -0.4 is 5.32 Å². The first-order valence-corrected chi connectivity index (χ1v) is 17.0. The van der Waals surface area contributed by atoms with E-state index in [2.05, 4.69) is 59.9 Å². The number of allylic oxidation sites excluding steroid dienone is 2. The van der Waals surface area contributed by atoms with Crippen molar-refractivity contribution in [2.24, 2.45) is 50.7 Å². The minimum absolute atomic E-state index is 0.0713. The zero-order valence-electron chi connectivity index (χ0n) is 27.7. The van der Waals surface area contributed by atoms with Gasteiger partial charge in [0.1, 0.15) is 6.10 Å². The van der Waals surface area contributed by atoms with E-state index in [0.717, 1.165) is 36.8 Å². The zero-order valence-corrected chi connectivity index (χ0v) is 27.7. The van der Waals surface area contributed by atoms with Crippen molar-refractivity contribution in [3.8, 4) is 0 Å². The normalized spacial score (nSPS) is 43.8. The molecule has 0 saturated heterocycles. The Labute approximate surface area is 255 Å². The van der Waals surface area contributed by atoms with Crippen LogP contribution in [-0.2, 0) is 9.47 Å². The number of anilines is 1. The highest BCUT2D eigenvalue weighted by atomic mass is 16.6. The van der Waals surface area contributed by atoms with Gasteiger partial charge in [-0.15, -0.1) is 0 Å². The first-order valence-electron chi connectivity index (χ1n) is 17.0. The number of fused-ring (bicyclic) bond motifs is 6. The van der Waals surface area contributed by atoms with E-state index >= 15 is 0 Å². The summed E-state index contributed by atoms with van der Waals surface area (Å²) in [5.74, 6) is 2.65. The van der Waals surface area contributed by atoms with Gasteiger partial charge in [0.25, 0.3) is 0 Å². The van der Waals surface area contributed by atoms with Gasteiger partial charge in [-0.2, -0.15) is 0 Å². The van der Waals surface area contributed by atoms with Gasteiger partial charge in [-0.05, 0) is 122 Å². The lowest BCUT2D eigenvalue weighted by Crippen LogP contribution is -2.58. The number of methoxy groups -OCH3 is 1. The average molecular weight is 576 g/mol. The van der Waals surface area contributed by atoms with Crippen LogP contribution in [0.3, 0.4) is 0 Å². The minimum atomic E-state index is -0.324. The summed E-state index contributed by atoms with van der Waals surface area (Å²) in [6, 6.07) is 9.66. The van der Waals surface area contributed by atoms with Gasteiger partial charge in [0, 0.05) is 18.2 Å². The molecule has 1 aromatic rings. The molecule has 4 heteroatoms. The number of hydrogen-bond donors (Lipinski definition) is 1. The predicted octanol–water partition coefficient (Wildman–Crippen LogP) is 10.1. The van der Waals surface area contributed by atoms with Crippen LogP contribution >= 0.6 is 0 Å². The summed E-state index contributed by atoms with van der Waals surface area (Å²) in [6.45, 7) is 17.7. The fraction of sp³-hybridized carbons (Fsp3) is 0.763. The molecule has 6 rings (SSSR count). The van der Waals surface area contributed by atoms with Crippen LogP contribution in [0.2, 0.25) is 0 Å². The third kappa shape index (κ3) is 4.60. The number of carbonyl (C=O) groups is 1. The largest absolute Gasteiger partial charge is 0.445 e. The van der Waals surface area contributed by atoms with Crippen molar-refractivity contribution >= 4 is 11.8 Å². The Kier molecular flexibility index (Phi) is 7.47. The molecule has 9 atom stereocenters. The standard InChI is InChI=1S/C38H57NO3/c1-34(2)29-18-21-36(5)24-25-14-16-28-35(3,4)32(42-33(40)39-26-12-10-9-11-13-26)20-22-37(28,6)27(25)15-17-30(36)38(29,7)23-19-31(34)41-8/h9-14,27-32H,15-24H2,1-8H3,(H,39,40)/t27-,28-,29-,30-,31-,32+,36-,37+,38-/m0/s1. The maximum atomic E-state index is 12.9. The molecule has 4 nitrogen and oxygen atoms in total. The summed E-state index contributed by atoms with van der Waals surface area (Å²) < 4.78 is 12.3. The van der Waals surface area contributed by atoms with E-state index in [1.165, 1.54) is 44.9 Å². The summed E-state index contributed by atoms with van der Waals surface area (Å²) in [6.07, 6.45) is 15.0. The second kappa shape index (κ2) is 10.4. The molecule has 0 radical (unpaired) electrons. The monoisotopic (exact) mass is 575 g/mol. The van der Waals surface area contributed by atoms with Crippen molar-refractivity contribution in [3.63, 3.8) is 0 Å². The van der Waals surface area contributed by atoms with Crippen molar-refractivity contribution in [1.29, 1.82) is 0 Å². The molecule has 1 amide bonds. The lowest BCUT2D eigenvalue weighted by Gasteiger charge is -2.64. The van der Waals surface area contributed by atoms with Crippen molar-refractivity contribution in [2.45, 2.75) is 125 Å². The fourth-order valence-electron chi connectivity index (χ4n) is 12.3. The van der Waals surface area contributed by atoms with E-state index in [4.69, 9.17) is 9.47 Å². The quantitative estimate of drug-likeness (QED) is 0.365. The Morgan fingerprint density at radius 2 is 1.43 bits per heavy atom. The number of hydrogen-bond acceptors (Lipinski definition) is 3. The number of rotatable bonds is 3. The summed E-state index contributed by atoms with van der Waals surface area (Å²) >= 11 is 0. The van der Waals surface area contributed by atoms with Crippen LogP contribution in [0, 0.1) is 50.7 Å². The molecule has 232 valence electrons. The third-order valence-electron chi connectivity index (χ3n) is 14.3. The Morgan fingerprint density at radius 1 is 0.762 bits per heavy atom. The highest BCUT2D eigenvalue weighted by Crippen LogP contribution is 2.70. The van der Waals surface area contributed by atoms with Crippen LogP contribution in [0.15, 0.2) is 42.0 Å². The SMILES string of the molecule is CO[C@H]1CC[C@@]2(C)[C@@H](CC[C@@]3(C)CC4=CC[C@H]5C(C)(C)[C@H](OC(=O)Nc6ccccc6)CC[C@]5(C)[C@H]4CC[C@@H]32)C1(C)C. The summed E-state index contributed by atoms with van der Waals surface area (Å²) in [7, 11) is 1.93. The molecule has 4 saturated carbocycles. The van der Waals surface area contributed by atoms with Gasteiger partial charge in [0.15, 0.2) is 0 Å². The lowest BCUT2D eigenvalue weighted by molar-refractivity contribution is -0.178. The number of amides is 1. The molecule has 0 unspecified atom stereocenters. The first kappa shape index (κ1) is 30.2. The predicted molar refractivity (Wildman–Crippen MR) is 171 cm³/mol. The second-order valence-electron chi connectivity index (χ2n) is 17.0. The van der Waals surface area contributed by atoms with E-state index < -0.39 is 0 Å². The first-order chi connectivity index (χ1) is 19.8. The van der Waals surface area contributed by atoms with Crippen molar-refractivity contribution in [2.75, 3.05) is 12.4 Å². The molecule has 0 heterocycles. The van der Waals surface area contributed by atoms with Crippen LogP contribution in [-0.4, -0.2) is 25.4 Å². The molecule has 5 aliphatic carbocycles. The van der Waals surface area contributed by atoms with Gasteiger partial charge < -0.3 is 9.47 Å². The Hall–Kier alpha value is -1.81. The maximum Gasteiger partial charge on any atom is 0.411 e. The molecule has 0 aliphatic heterocycles. The third-order valence-corrected chi connectivity index (χ3v) is 14.3. The topological polar surface area (TPSA) is 47.6 Å². The molecular weight excluding hydrogens is 518 g/mol. The van der Waals surface area contributed by atoms with Gasteiger partial charge in [-0.25, -0.2) is 4.79 Å². The Balaban J connectivity index is 1.23. The van der Waals surface area contributed by atoms with Gasteiger partial charge in [0.2, 0.25) is 0 Å². The number of carbonyl (C=O) groups excluding carboxylic acids is 1. The van der Waals surface area contributed by atoms with E-state index in [1.807, 2.05) is 37.4 Å². The number of para-hydroxylation sites is 1. The molecule has 1 aromatic carbocycles. The van der Waals surface area contributed by atoms with Gasteiger partial charge in [-0.1, -0.05) is 78.3 Å². The average Bonchev–Trinajstić information content (AvgIpc) is 3.08. The number of benzene rings is 1. The van der Waals surface area contributed by atoms with E-state index in [9.17, 15) is 4.79 Å². The fourth-order valence-corrected chi connectivity index (χ4v) is 12.3. The molecule has 5 aliphatic rings. The lowest BCUT2D eigenvalue weighted by atomic mass is 9.42. The van der Waals surface area contributed by atoms with Gasteiger partial charge >= 0.3 is 6.09 Å². The molecule has 0 aromatic heterocycles. The Morgan fingerprint density at radius 3 is 2.14 bits per heavy atom. The smallest absolute Gasteiger partial charge is 0.411 e. The highest BCUT2D eigenvalue weighted by Gasteiger charge is 2.63. The maximum absolute atomic E-state index is 12.9. The van der Waals surface area contributed by atoms with Crippen LogP contribution in [0.5, 0.6) is 0 Å². The van der Waals surface area contributed by atoms with Crippen LogP contribution in [0.1, 0.15) is 113 Å². The van der Waals surface area contributed by atoms with Crippen LogP contribution in [0.25, 0.3) is 0 Å². The summed E-state index contributed by atoms with van der Waals surface area (Å²) in [5.41, 5.74) is 3.73. The summed E-state index contributed by atoms with van der Waals surface area (Å²) in [4.78, 5) is 12.9. The second-order valence-corrected chi connectivity index (χ2v) is 17.0. The summed E-state index contributed by atoms with van der Waals surface area (Å²) in [5, 5.41) is 2.95. The number of nitrogens with one attached hydrogen (secondary N) is 1. The number of ether oxygens (including phenoxy) is 2. The van der Waals surface area contributed by atoms with Crippen molar-refractivity contribution in [3.05, 3.63) is 42.0 Å². The molecule has 1 N–H and O–H groups in total. The van der Waals surface area contributed by atoms with E-state index in [1.54, 1.807) is 5.57 Å². The molecule has 0 bridgehead atoms. The Bertz CT molecular complexity index is 1200. The minimum Gasteiger partial charge on any atom is -0.445 e. The molecule has 0 spiro atoms. The molecular formula is C38H57NO3. The van der Waals surface area contributed by atoms with Crippen molar-refractivity contribution in [1.82, 2.24) is 0 Å². The van der Waals surface area contributed by atoms with Gasteiger partial charge in [-0.3, -0.25) is 5.32 Å².